The maximum Gasteiger partial charge on any atom is 0.243 e. The van der Waals surface area contributed by atoms with E-state index in [1.807, 2.05) is 0 Å². The lowest BCUT2D eigenvalue weighted by atomic mass is 10.3. The van der Waals surface area contributed by atoms with E-state index in [0.29, 0.717) is 0 Å². The van der Waals surface area contributed by atoms with Crippen LogP contribution in [0, 0.1) is 17.5 Å². The largest absolute Gasteiger partial charge is 0.376 e. The predicted octanol–water partition coefficient (Wildman–Crippen LogP) is 3.15. The van der Waals surface area contributed by atoms with Crippen LogP contribution in [0.4, 0.5) is 24.5 Å². The first kappa shape index (κ1) is 13.9. The van der Waals surface area contributed by atoms with Crippen LogP contribution in [0.25, 0.3) is 0 Å². The molecule has 0 saturated carbocycles. The molecule has 2 rings (SSSR count). The van der Waals surface area contributed by atoms with E-state index in [2.05, 4.69) is 10.6 Å². The van der Waals surface area contributed by atoms with Gasteiger partial charge in [0.05, 0.1) is 12.2 Å². The lowest BCUT2D eigenvalue weighted by Gasteiger charge is -2.08. The van der Waals surface area contributed by atoms with Gasteiger partial charge in [-0.05, 0) is 24.3 Å². The van der Waals surface area contributed by atoms with Crippen LogP contribution in [0.3, 0.4) is 0 Å². The molecule has 0 aliphatic carbocycles. The number of amides is 1. The van der Waals surface area contributed by atoms with E-state index in [9.17, 15) is 18.0 Å². The van der Waals surface area contributed by atoms with E-state index in [0.717, 1.165) is 18.2 Å². The molecule has 0 unspecified atom stereocenters. The maximum absolute atomic E-state index is 13.3. The van der Waals surface area contributed by atoms with Crippen LogP contribution < -0.4 is 10.6 Å². The van der Waals surface area contributed by atoms with Crippen molar-refractivity contribution in [2.45, 2.75) is 0 Å². The lowest BCUT2D eigenvalue weighted by Crippen LogP contribution is -2.22. The molecule has 0 radical (unpaired) electrons. The van der Waals surface area contributed by atoms with Gasteiger partial charge in [-0.2, -0.15) is 0 Å². The zero-order chi connectivity index (χ0) is 14.5. The Kier molecular flexibility index (Phi) is 4.24. The van der Waals surface area contributed by atoms with Crippen molar-refractivity contribution in [3.8, 4) is 0 Å². The Bertz CT molecular complexity index is 611. The fraction of sp³-hybridized carbons (Fsp3) is 0.0714. The summed E-state index contributed by atoms with van der Waals surface area (Å²) in [6.07, 6.45) is 0. The minimum absolute atomic E-state index is 0.0460. The molecule has 0 atom stereocenters. The van der Waals surface area contributed by atoms with E-state index < -0.39 is 23.4 Å². The summed E-state index contributed by atoms with van der Waals surface area (Å²) >= 11 is 0. The number of hydrogen-bond donors (Lipinski definition) is 2. The van der Waals surface area contributed by atoms with Gasteiger partial charge >= 0.3 is 0 Å². The number of para-hydroxylation sites is 1. The molecule has 0 saturated heterocycles. The molecular weight excluding hydrogens is 269 g/mol. The highest BCUT2D eigenvalue weighted by atomic mass is 19.1. The molecule has 2 N–H and O–H groups in total. The number of halogens is 3. The Morgan fingerprint density at radius 3 is 2.30 bits per heavy atom. The monoisotopic (exact) mass is 280 g/mol. The van der Waals surface area contributed by atoms with Gasteiger partial charge in [-0.1, -0.05) is 12.1 Å². The SMILES string of the molecule is O=C(CNc1cc(F)cc(F)c1)Nc1ccccc1F. The predicted molar refractivity (Wildman–Crippen MR) is 69.9 cm³/mol. The number of carbonyl (C=O) groups excluding carboxylic acids is 1. The molecule has 2 aromatic rings. The van der Waals surface area contributed by atoms with Crippen molar-refractivity contribution in [3.63, 3.8) is 0 Å². The molecular formula is C14H11F3N2O. The molecule has 0 heterocycles. The van der Waals surface area contributed by atoms with Gasteiger partial charge in [0.2, 0.25) is 5.91 Å². The Balaban J connectivity index is 1.94. The van der Waals surface area contributed by atoms with Crippen molar-refractivity contribution in [2.24, 2.45) is 0 Å². The van der Waals surface area contributed by atoms with Gasteiger partial charge in [-0.15, -0.1) is 0 Å². The van der Waals surface area contributed by atoms with E-state index in [1.165, 1.54) is 18.2 Å². The summed E-state index contributed by atoms with van der Waals surface area (Å²) in [4.78, 5) is 11.6. The molecule has 0 spiro atoms. The molecule has 104 valence electrons. The van der Waals surface area contributed by atoms with Crippen molar-refractivity contribution in [3.05, 3.63) is 59.9 Å². The number of rotatable bonds is 4. The third-order valence-electron chi connectivity index (χ3n) is 2.46. The van der Waals surface area contributed by atoms with Crippen LogP contribution in [0.2, 0.25) is 0 Å². The van der Waals surface area contributed by atoms with Gasteiger partial charge in [-0.3, -0.25) is 4.79 Å². The number of carbonyl (C=O) groups is 1. The molecule has 6 heteroatoms. The Hall–Kier alpha value is -2.50. The fourth-order valence-corrected chi connectivity index (χ4v) is 1.60. The van der Waals surface area contributed by atoms with E-state index in [1.54, 1.807) is 6.07 Å². The molecule has 0 aliphatic heterocycles. The smallest absolute Gasteiger partial charge is 0.243 e. The summed E-state index contributed by atoms with van der Waals surface area (Å²) < 4.78 is 39.1. The summed E-state index contributed by atoms with van der Waals surface area (Å²) in [6.45, 7) is -0.239. The van der Waals surface area contributed by atoms with Crippen molar-refractivity contribution in [1.82, 2.24) is 0 Å². The first-order valence-corrected chi connectivity index (χ1v) is 5.79. The summed E-state index contributed by atoms with van der Waals surface area (Å²) in [7, 11) is 0. The van der Waals surface area contributed by atoms with Gasteiger partial charge in [0.1, 0.15) is 17.5 Å². The second-order valence-electron chi connectivity index (χ2n) is 4.04. The summed E-state index contributed by atoms with van der Waals surface area (Å²) in [5, 5.41) is 4.90. The van der Waals surface area contributed by atoms with Crippen LogP contribution in [-0.4, -0.2) is 12.5 Å². The summed E-state index contributed by atoms with van der Waals surface area (Å²) in [5.41, 5.74) is 0.177. The average Bonchev–Trinajstić information content (AvgIpc) is 2.38. The van der Waals surface area contributed by atoms with Crippen molar-refractivity contribution < 1.29 is 18.0 Å². The molecule has 0 bridgehead atoms. The molecule has 3 nitrogen and oxygen atoms in total. The molecule has 2 aromatic carbocycles. The molecule has 0 aromatic heterocycles. The van der Waals surface area contributed by atoms with Crippen LogP contribution >= 0.6 is 0 Å². The second kappa shape index (κ2) is 6.10. The van der Waals surface area contributed by atoms with Crippen LogP contribution in [0.5, 0.6) is 0 Å². The number of hydrogen-bond acceptors (Lipinski definition) is 2. The Morgan fingerprint density at radius 1 is 1.00 bits per heavy atom. The Morgan fingerprint density at radius 2 is 1.65 bits per heavy atom. The van der Waals surface area contributed by atoms with Gasteiger partial charge < -0.3 is 10.6 Å². The van der Waals surface area contributed by atoms with Crippen molar-refractivity contribution in [1.29, 1.82) is 0 Å². The topological polar surface area (TPSA) is 41.1 Å². The zero-order valence-electron chi connectivity index (χ0n) is 10.3. The molecule has 0 fully saturated rings. The molecule has 0 aliphatic rings. The van der Waals surface area contributed by atoms with Gasteiger partial charge in [-0.25, -0.2) is 13.2 Å². The second-order valence-corrected chi connectivity index (χ2v) is 4.04. The van der Waals surface area contributed by atoms with Crippen LogP contribution in [0.15, 0.2) is 42.5 Å². The number of anilines is 2. The normalized spacial score (nSPS) is 10.2. The van der Waals surface area contributed by atoms with Crippen molar-refractivity contribution >= 4 is 17.3 Å². The molecule has 20 heavy (non-hydrogen) atoms. The van der Waals surface area contributed by atoms with Gasteiger partial charge in [0, 0.05) is 11.8 Å². The van der Waals surface area contributed by atoms with E-state index in [-0.39, 0.29) is 17.9 Å². The molecule has 1 amide bonds. The summed E-state index contributed by atoms with van der Waals surface area (Å²) in [5.74, 6) is -2.58. The minimum atomic E-state index is -0.748. The van der Waals surface area contributed by atoms with Crippen molar-refractivity contribution in [2.75, 3.05) is 17.2 Å². The fourth-order valence-electron chi connectivity index (χ4n) is 1.60. The average molecular weight is 280 g/mol. The zero-order valence-corrected chi connectivity index (χ0v) is 10.3. The maximum atomic E-state index is 13.3. The highest BCUT2D eigenvalue weighted by molar-refractivity contribution is 5.93. The van der Waals surface area contributed by atoms with Crippen LogP contribution in [0.1, 0.15) is 0 Å². The number of nitrogens with one attached hydrogen (secondary N) is 2. The summed E-state index contributed by atoms with van der Waals surface area (Å²) in [6, 6.07) is 8.54. The first-order chi connectivity index (χ1) is 9.54. The Labute approximate surface area is 113 Å². The third-order valence-corrected chi connectivity index (χ3v) is 2.46. The first-order valence-electron chi connectivity index (χ1n) is 5.79. The highest BCUT2D eigenvalue weighted by Gasteiger charge is 2.07. The standard InChI is InChI=1S/C14H11F3N2O/c15-9-5-10(16)7-11(6-9)18-8-14(20)19-13-4-2-1-3-12(13)17/h1-7,18H,8H2,(H,19,20). The van der Waals surface area contributed by atoms with E-state index in [4.69, 9.17) is 0 Å². The third kappa shape index (κ3) is 3.74. The number of benzene rings is 2. The minimum Gasteiger partial charge on any atom is -0.376 e. The highest BCUT2D eigenvalue weighted by Crippen LogP contribution is 2.14. The van der Waals surface area contributed by atoms with Gasteiger partial charge in [0.15, 0.2) is 0 Å². The lowest BCUT2D eigenvalue weighted by molar-refractivity contribution is -0.114. The van der Waals surface area contributed by atoms with E-state index >= 15 is 0 Å². The van der Waals surface area contributed by atoms with Crippen LogP contribution in [-0.2, 0) is 4.79 Å². The van der Waals surface area contributed by atoms with Gasteiger partial charge in [0.25, 0.3) is 0 Å². The quantitative estimate of drug-likeness (QED) is 0.903.